The Kier molecular flexibility index (Phi) is 4.28. The molecule has 4 bridgehead atoms. The number of carbonyl (C=O) groups excluding carboxylic acids is 2. The quantitative estimate of drug-likeness (QED) is 0.590. The normalized spacial score (nSPS) is 32.3. The van der Waals surface area contributed by atoms with Crippen LogP contribution in [0, 0.1) is 17.3 Å². The second-order valence-corrected chi connectivity index (χ2v) is 9.83. The summed E-state index contributed by atoms with van der Waals surface area (Å²) >= 11 is 6.86. The van der Waals surface area contributed by atoms with Crippen molar-refractivity contribution in [2.75, 3.05) is 12.4 Å². The van der Waals surface area contributed by atoms with Crippen LogP contribution in [0.3, 0.4) is 0 Å². The lowest BCUT2D eigenvalue weighted by atomic mass is 9.49. The fourth-order valence-corrected chi connectivity index (χ4v) is 6.72. The molecular weight excluding hydrogens is 394 g/mol. The van der Waals surface area contributed by atoms with Crippen molar-refractivity contribution in [2.24, 2.45) is 17.3 Å². The first-order chi connectivity index (χ1) is 13.9. The topological polar surface area (TPSA) is 86.4 Å². The molecule has 2 atom stereocenters. The summed E-state index contributed by atoms with van der Waals surface area (Å²) in [4.78, 5) is 24.5. The fourth-order valence-electron chi connectivity index (χ4n) is 6.03. The molecule has 7 nitrogen and oxygen atoms in total. The number of nitrogens with one attached hydrogen (secondary N) is 1. The van der Waals surface area contributed by atoms with E-state index < -0.39 is 5.97 Å². The van der Waals surface area contributed by atoms with Crippen molar-refractivity contribution >= 4 is 29.2 Å². The van der Waals surface area contributed by atoms with E-state index in [-0.39, 0.29) is 22.0 Å². The molecule has 4 saturated carbocycles. The average Bonchev–Trinajstić information content (AvgIpc) is 3.29. The smallest absolute Gasteiger partial charge is 0.373 e. The molecular formula is C21H24ClN3O4. The van der Waals surface area contributed by atoms with Crippen LogP contribution in [0.4, 0.5) is 5.69 Å². The Morgan fingerprint density at radius 1 is 1.31 bits per heavy atom. The predicted octanol–water partition coefficient (Wildman–Crippen LogP) is 3.83. The number of nitrogens with zero attached hydrogens (tertiary/aromatic N) is 2. The van der Waals surface area contributed by atoms with Gasteiger partial charge in [-0.1, -0.05) is 0 Å². The highest BCUT2D eigenvalue weighted by Crippen LogP contribution is 2.64. The van der Waals surface area contributed by atoms with E-state index in [1.165, 1.54) is 13.5 Å². The molecule has 0 spiro atoms. The van der Waals surface area contributed by atoms with Gasteiger partial charge in [-0.05, 0) is 62.5 Å². The largest absolute Gasteiger partial charge is 0.463 e. The third kappa shape index (κ3) is 3.35. The maximum absolute atomic E-state index is 13.2. The van der Waals surface area contributed by atoms with Crippen LogP contribution in [0.25, 0.3) is 0 Å². The van der Waals surface area contributed by atoms with Crippen molar-refractivity contribution < 1.29 is 18.7 Å². The van der Waals surface area contributed by atoms with E-state index in [4.69, 9.17) is 16.0 Å². The van der Waals surface area contributed by atoms with E-state index in [1.54, 1.807) is 29.2 Å². The Morgan fingerprint density at radius 3 is 2.76 bits per heavy atom. The van der Waals surface area contributed by atoms with Crippen molar-refractivity contribution in [3.63, 3.8) is 0 Å². The molecule has 2 heterocycles. The van der Waals surface area contributed by atoms with Gasteiger partial charge in [0.25, 0.3) is 0 Å². The molecule has 154 valence electrons. The monoisotopic (exact) mass is 417 g/mol. The van der Waals surface area contributed by atoms with Crippen molar-refractivity contribution in [2.45, 2.75) is 49.9 Å². The number of hydrogen-bond donors (Lipinski definition) is 1. The molecule has 4 fully saturated rings. The minimum Gasteiger partial charge on any atom is -0.463 e. The summed E-state index contributed by atoms with van der Waals surface area (Å²) in [5.74, 6) is 1.44. The highest BCUT2D eigenvalue weighted by molar-refractivity contribution is 6.24. The van der Waals surface area contributed by atoms with Crippen LogP contribution < -0.4 is 5.32 Å². The number of rotatable bonds is 5. The zero-order chi connectivity index (χ0) is 20.2. The number of ether oxygens (including phenoxy) is 1. The van der Waals surface area contributed by atoms with Crippen LogP contribution >= 0.6 is 11.6 Å². The van der Waals surface area contributed by atoms with E-state index in [2.05, 4.69) is 15.2 Å². The van der Waals surface area contributed by atoms with Gasteiger partial charge in [-0.2, -0.15) is 5.10 Å². The summed E-state index contributed by atoms with van der Waals surface area (Å²) in [5.41, 5.74) is 0.318. The minimum absolute atomic E-state index is 0.0714. The van der Waals surface area contributed by atoms with Crippen molar-refractivity contribution in [3.05, 3.63) is 36.0 Å². The highest BCUT2D eigenvalue weighted by Gasteiger charge is 2.60. The Hall–Kier alpha value is -2.28. The molecule has 2 aromatic heterocycles. The Morgan fingerprint density at radius 2 is 2.07 bits per heavy atom. The standard InChI is InChI=1S/C21H24ClN3O4/c1-28-18(26)17-3-2-16(29-17)11-25-10-15(9-23-25)24-19(27)20-5-13-4-14(6-20)8-21(22,7-13)12-20/h2-3,9-10,13-14H,4-8,11-12H2,1H3,(H,24,27). The lowest BCUT2D eigenvalue weighted by molar-refractivity contribution is -0.138. The first-order valence-corrected chi connectivity index (χ1v) is 10.4. The number of esters is 1. The lowest BCUT2D eigenvalue weighted by Gasteiger charge is -2.59. The van der Waals surface area contributed by atoms with E-state index in [9.17, 15) is 9.59 Å². The second kappa shape index (κ2) is 6.62. The molecule has 2 unspecified atom stereocenters. The van der Waals surface area contributed by atoms with Gasteiger partial charge in [0, 0.05) is 11.1 Å². The van der Waals surface area contributed by atoms with Gasteiger partial charge in [-0.25, -0.2) is 4.79 Å². The van der Waals surface area contributed by atoms with Crippen LogP contribution in [0.1, 0.15) is 54.8 Å². The number of amides is 1. The molecule has 0 radical (unpaired) electrons. The second-order valence-electron chi connectivity index (χ2n) is 9.03. The maximum atomic E-state index is 13.2. The predicted molar refractivity (Wildman–Crippen MR) is 106 cm³/mol. The Bertz CT molecular complexity index is 951. The number of hydrogen-bond acceptors (Lipinski definition) is 5. The molecule has 4 aliphatic rings. The lowest BCUT2D eigenvalue weighted by Crippen LogP contribution is -2.57. The summed E-state index contributed by atoms with van der Waals surface area (Å²) in [6, 6.07) is 3.28. The van der Waals surface area contributed by atoms with Crippen LogP contribution in [0.2, 0.25) is 0 Å². The van der Waals surface area contributed by atoms with Gasteiger partial charge in [0.2, 0.25) is 11.7 Å². The molecule has 1 N–H and O–H groups in total. The first-order valence-electron chi connectivity index (χ1n) is 10.1. The molecule has 8 heteroatoms. The molecule has 2 aromatic rings. The Balaban J connectivity index is 1.26. The van der Waals surface area contributed by atoms with Crippen molar-refractivity contribution in [1.29, 1.82) is 0 Å². The molecule has 4 aliphatic carbocycles. The van der Waals surface area contributed by atoms with Gasteiger partial charge >= 0.3 is 5.97 Å². The summed E-state index contributed by atoms with van der Waals surface area (Å²) in [5, 5.41) is 7.37. The van der Waals surface area contributed by atoms with E-state index in [0.29, 0.717) is 29.8 Å². The Labute approximate surface area is 173 Å². The molecule has 1 amide bonds. The van der Waals surface area contributed by atoms with E-state index in [1.807, 2.05) is 0 Å². The molecule has 6 rings (SSSR count). The summed E-state index contributed by atoms with van der Waals surface area (Å²) in [7, 11) is 1.31. The number of furan rings is 1. The number of halogens is 1. The first kappa shape index (κ1) is 18.7. The third-order valence-electron chi connectivity index (χ3n) is 6.73. The SMILES string of the molecule is COC(=O)c1ccc(Cn2cc(NC(=O)C34CC5CC(CC(Cl)(C5)C3)C4)cn2)o1. The van der Waals surface area contributed by atoms with Gasteiger partial charge in [0.15, 0.2) is 0 Å². The number of anilines is 1. The molecule has 0 saturated heterocycles. The van der Waals surface area contributed by atoms with Gasteiger partial charge < -0.3 is 14.5 Å². The number of alkyl halides is 1. The molecule has 0 aromatic carbocycles. The average molecular weight is 418 g/mol. The summed E-state index contributed by atoms with van der Waals surface area (Å²) in [6.07, 6.45) is 9.40. The fraction of sp³-hybridized carbons (Fsp3) is 0.571. The van der Waals surface area contributed by atoms with Gasteiger partial charge in [-0.15, -0.1) is 11.6 Å². The number of aromatic nitrogens is 2. The van der Waals surface area contributed by atoms with Gasteiger partial charge in [0.05, 0.1) is 31.0 Å². The number of methoxy groups -OCH3 is 1. The molecule has 29 heavy (non-hydrogen) atoms. The summed E-state index contributed by atoms with van der Waals surface area (Å²) in [6.45, 7) is 0.354. The van der Waals surface area contributed by atoms with Crippen LogP contribution in [-0.4, -0.2) is 33.6 Å². The van der Waals surface area contributed by atoms with Crippen molar-refractivity contribution in [1.82, 2.24) is 9.78 Å². The number of carbonyl (C=O) groups is 2. The zero-order valence-corrected chi connectivity index (χ0v) is 17.1. The highest BCUT2D eigenvalue weighted by atomic mass is 35.5. The van der Waals surface area contributed by atoms with Crippen LogP contribution in [-0.2, 0) is 16.1 Å². The van der Waals surface area contributed by atoms with Crippen molar-refractivity contribution in [3.8, 4) is 0 Å². The maximum Gasteiger partial charge on any atom is 0.373 e. The van der Waals surface area contributed by atoms with Crippen LogP contribution in [0.5, 0.6) is 0 Å². The van der Waals surface area contributed by atoms with Gasteiger partial charge in [0.1, 0.15) is 5.76 Å². The third-order valence-corrected chi connectivity index (χ3v) is 7.17. The van der Waals surface area contributed by atoms with E-state index in [0.717, 1.165) is 32.1 Å². The van der Waals surface area contributed by atoms with Crippen LogP contribution in [0.15, 0.2) is 28.9 Å². The summed E-state index contributed by atoms with van der Waals surface area (Å²) < 4.78 is 11.8. The molecule has 0 aliphatic heterocycles. The zero-order valence-electron chi connectivity index (χ0n) is 16.3. The van der Waals surface area contributed by atoms with E-state index >= 15 is 0 Å². The van der Waals surface area contributed by atoms with Gasteiger partial charge in [-0.3, -0.25) is 9.48 Å². The minimum atomic E-state index is -0.516.